The third-order valence-corrected chi connectivity index (χ3v) is 5.99. The zero-order valence-electron chi connectivity index (χ0n) is 16.7. The van der Waals surface area contributed by atoms with Crippen molar-refractivity contribution in [3.8, 4) is 0 Å². The lowest BCUT2D eigenvalue weighted by atomic mass is 9.70. The van der Waals surface area contributed by atoms with Gasteiger partial charge in [-0.1, -0.05) is 24.6 Å². The second kappa shape index (κ2) is 8.24. The summed E-state index contributed by atoms with van der Waals surface area (Å²) < 4.78 is 0. The first-order chi connectivity index (χ1) is 13.0. The van der Waals surface area contributed by atoms with Gasteiger partial charge in [0.05, 0.1) is 5.41 Å². The molecular formula is C22H31N3O2. The Morgan fingerprint density at radius 1 is 1.37 bits per heavy atom. The van der Waals surface area contributed by atoms with Crippen LogP contribution in [-0.2, 0) is 16.1 Å². The van der Waals surface area contributed by atoms with E-state index in [4.69, 9.17) is 0 Å². The second-order valence-corrected chi connectivity index (χ2v) is 8.19. The summed E-state index contributed by atoms with van der Waals surface area (Å²) in [6, 6.07) is 4.08. The number of carbonyl (C=O) groups excluding carboxylic acids is 2. The van der Waals surface area contributed by atoms with Gasteiger partial charge < -0.3 is 10.2 Å². The quantitative estimate of drug-likeness (QED) is 0.747. The third-order valence-electron chi connectivity index (χ3n) is 5.99. The van der Waals surface area contributed by atoms with Gasteiger partial charge in [0, 0.05) is 37.4 Å². The molecular weight excluding hydrogens is 338 g/mol. The highest BCUT2D eigenvalue weighted by molar-refractivity contribution is 5.87. The summed E-state index contributed by atoms with van der Waals surface area (Å²) in [4.78, 5) is 32.2. The summed E-state index contributed by atoms with van der Waals surface area (Å²) in [6.45, 7) is 6.64. The number of fused-ring (bicyclic) bond motifs is 2. The molecule has 2 aliphatic rings. The van der Waals surface area contributed by atoms with Crippen molar-refractivity contribution in [1.29, 1.82) is 0 Å². The van der Waals surface area contributed by atoms with Gasteiger partial charge in [0.15, 0.2) is 0 Å². The third kappa shape index (κ3) is 3.92. The SMILES string of the molecule is CCCC(=O)N1[C@H]2CC[C@@H]1[C@](CC=C(C)C)(C(=O)NCc1cccnc1)C2. The zero-order chi connectivity index (χ0) is 19.4. The van der Waals surface area contributed by atoms with E-state index in [0.29, 0.717) is 19.4 Å². The fourth-order valence-electron chi connectivity index (χ4n) is 4.71. The van der Waals surface area contributed by atoms with Gasteiger partial charge in [-0.3, -0.25) is 14.6 Å². The predicted octanol–water partition coefficient (Wildman–Crippen LogP) is 3.60. The fourth-order valence-corrected chi connectivity index (χ4v) is 4.71. The molecule has 2 bridgehead atoms. The number of amides is 2. The summed E-state index contributed by atoms with van der Waals surface area (Å²) in [7, 11) is 0. The summed E-state index contributed by atoms with van der Waals surface area (Å²) in [5.74, 6) is 0.287. The zero-order valence-corrected chi connectivity index (χ0v) is 16.7. The molecule has 3 atom stereocenters. The van der Waals surface area contributed by atoms with E-state index in [1.807, 2.05) is 24.0 Å². The summed E-state index contributed by atoms with van der Waals surface area (Å²) in [6.07, 6.45) is 10.5. The van der Waals surface area contributed by atoms with Crippen LogP contribution in [0.25, 0.3) is 0 Å². The number of allylic oxidation sites excluding steroid dienone is 2. The van der Waals surface area contributed by atoms with E-state index >= 15 is 0 Å². The van der Waals surface area contributed by atoms with Crippen LogP contribution in [0.15, 0.2) is 36.2 Å². The minimum absolute atomic E-state index is 0.0195. The first-order valence-electron chi connectivity index (χ1n) is 10.1. The van der Waals surface area contributed by atoms with Crippen LogP contribution in [-0.4, -0.2) is 33.8 Å². The Kier molecular flexibility index (Phi) is 5.98. The lowest BCUT2D eigenvalue weighted by Crippen LogP contribution is -2.49. The second-order valence-electron chi connectivity index (χ2n) is 8.19. The number of rotatable bonds is 7. The van der Waals surface area contributed by atoms with Gasteiger partial charge in [0.2, 0.25) is 11.8 Å². The molecule has 0 aromatic carbocycles. The maximum Gasteiger partial charge on any atom is 0.228 e. The van der Waals surface area contributed by atoms with Crippen molar-refractivity contribution in [3.63, 3.8) is 0 Å². The molecule has 2 saturated heterocycles. The van der Waals surface area contributed by atoms with E-state index in [1.165, 1.54) is 5.57 Å². The Bertz CT molecular complexity index is 712. The van der Waals surface area contributed by atoms with Crippen LogP contribution in [0.1, 0.15) is 64.9 Å². The molecule has 2 fully saturated rings. The molecule has 0 aliphatic carbocycles. The molecule has 5 nitrogen and oxygen atoms in total. The Hall–Kier alpha value is -2.17. The first kappa shape index (κ1) is 19.6. The molecule has 27 heavy (non-hydrogen) atoms. The highest BCUT2D eigenvalue weighted by Crippen LogP contribution is 2.52. The Morgan fingerprint density at radius 2 is 2.19 bits per heavy atom. The predicted molar refractivity (Wildman–Crippen MR) is 106 cm³/mol. The summed E-state index contributed by atoms with van der Waals surface area (Å²) in [5.41, 5.74) is 1.69. The standard InChI is InChI=1S/C22H31N3O2/c1-4-6-20(26)25-18-8-9-19(25)22(13-18,11-10-16(2)3)21(27)24-15-17-7-5-12-23-14-17/h5,7,10,12,14,18-19H,4,6,8-9,11,13,15H2,1-3H3,(H,24,27)/t18-,19+,22+/m0/s1. The molecule has 0 unspecified atom stereocenters. The maximum atomic E-state index is 13.4. The number of aromatic nitrogens is 1. The Balaban J connectivity index is 1.81. The number of carbonyl (C=O) groups is 2. The van der Waals surface area contributed by atoms with E-state index in [0.717, 1.165) is 31.2 Å². The molecule has 1 aromatic rings. The average Bonchev–Trinajstić information content (AvgIpc) is 3.22. The van der Waals surface area contributed by atoms with E-state index in [1.54, 1.807) is 12.4 Å². The van der Waals surface area contributed by atoms with Crippen LogP contribution in [0, 0.1) is 5.41 Å². The van der Waals surface area contributed by atoms with E-state index in [9.17, 15) is 9.59 Å². The van der Waals surface area contributed by atoms with Gasteiger partial charge in [-0.25, -0.2) is 0 Å². The first-order valence-corrected chi connectivity index (χ1v) is 10.1. The highest BCUT2D eigenvalue weighted by atomic mass is 16.2. The number of hydrogen-bond donors (Lipinski definition) is 1. The van der Waals surface area contributed by atoms with Gasteiger partial charge in [0.25, 0.3) is 0 Å². The van der Waals surface area contributed by atoms with Crippen LogP contribution in [0.3, 0.4) is 0 Å². The molecule has 2 aliphatic heterocycles. The molecule has 5 heteroatoms. The molecule has 2 amide bonds. The maximum absolute atomic E-state index is 13.4. The number of nitrogens with zero attached hydrogens (tertiary/aromatic N) is 2. The summed E-state index contributed by atoms with van der Waals surface area (Å²) >= 11 is 0. The molecule has 0 spiro atoms. The lowest BCUT2D eigenvalue weighted by molar-refractivity contribution is -0.136. The fraction of sp³-hybridized carbons (Fsp3) is 0.591. The van der Waals surface area contributed by atoms with Gasteiger partial charge >= 0.3 is 0 Å². The minimum atomic E-state index is -0.508. The molecule has 3 rings (SSSR count). The van der Waals surface area contributed by atoms with E-state index in [-0.39, 0.29) is 23.9 Å². The average molecular weight is 370 g/mol. The van der Waals surface area contributed by atoms with Crippen molar-refractivity contribution in [2.45, 2.75) is 77.9 Å². The highest BCUT2D eigenvalue weighted by Gasteiger charge is 2.60. The van der Waals surface area contributed by atoms with E-state index in [2.05, 4.69) is 30.2 Å². The molecule has 1 N–H and O–H groups in total. The number of nitrogens with one attached hydrogen (secondary N) is 1. The van der Waals surface area contributed by atoms with Crippen LogP contribution >= 0.6 is 0 Å². The van der Waals surface area contributed by atoms with Crippen molar-refractivity contribution >= 4 is 11.8 Å². The van der Waals surface area contributed by atoms with Crippen LogP contribution < -0.4 is 5.32 Å². The number of pyridine rings is 1. The van der Waals surface area contributed by atoms with Crippen molar-refractivity contribution in [2.75, 3.05) is 0 Å². The van der Waals surface area contributed by atoms with Gasteiger partial charge in [-0.05, 0) is 57.6 Å². The van der Waals surface area contributed by atoms with Gasteiger partial charge in [-0.2, -0.15) is 0 Å². The molecule has 0 saturated carbocycles. The normalized spacial score (nSPS) is 26.1. The van der Waals surface area contributed by atoms with Crippen LogP contribution in [0.4, 0.5) is 0 Å². The largest absolute Gasteiger partial charge is 0.351 e. The van der Waals surface area contributed by atoms with Crippen LogP contribution in [0.2, 0.25) is 0 Å². The number of hydrogen-bond acceptors (Lipinski definition) is 3. The van der Waals surface area contributed by atoms with Crippen molar-refractivity contribution in [1.82, 2.24) is 15.2 Å². The van der Waals surface area contributed by atoms with Crippen molar-refractivity contribution in [3.05, 3.63) is 41.7 Å². The molecule has 0 radical (unpaired) electrons. The van der Waals surface area contributed by atoms with Crippen molar-refractivity contribution < 1.29 is 9.59 Å². The summed E-state index contributed by atoms with van der Waals surface area (Å²) in [5, 5.41) is 3.14. The topological polar surface area (TPSA) is 62.3 Å². The minimum Gasteiger partial charge on any atom is -0.351 e. The smallest absolute Gasteiger partial charge is 0.228 e. The Morgan fingerprint density at radius 3 is 2.85 bits per heavy atom. The van der Waals surface area contributed by atoms with E-state index < -0.39 is 5.41 Å². The van der Waals surface area contributed by atoms with Gasteiger partial charge in [0.1, 0.15) is 0 Å². The lowest BCUT2D eigenvalue weighted by Gasteiger charge is -2.35. The van der Waals surface area contributed by atoms with Gasteiger partial charge in [-0.15, -0.1) is 0 Å². The van der Waals surface area contributed by atoms with Crippen molar-refractivity contribution in [2.24, 2.45) is 5.41 Å². The molecule has 146 valence electrons. The monoisotopic (exact) mass is 369 g/mol. The van der Waals surface area contributed by atoms with Crippen LogP contribution in [0.5, 0.6) is 0 Å². The molecule has 1 aromatic heterocycles. The molecule has 3 heterocycles. The Labute approximate surface area is 162 Å².